The molecule has 3 rings (SSSR count). The van der Waals surface area contributed by atoms with Crippen LogP contribution in [0.5, 0.6) is 5.75 Å². The molecule has 0 bridgehead atoms. The minimum Gasteiger partial charge on any atom is -0.496 e. The zero-order valence-electron chi connectivity index (χ0n) is 9.32. The summed E-state index contributed by atoms with van der Waals surface area (Å²) in [5.74, 6) is 1.46. The Morgan fingerprint density at radius 3 is 3.12 bits per heavy atom. The van der Waals surface area contributed by atoms with E-state index in [1.165, 1.54) is 21.2 Å². The van der Waals surface area contributed by atoms with Crippen molar-refractivity contribution in [3.05, 3.63) is 28.6 Å². The highest BCUT2D eigenvalue weighted by molar-refractivity contribution is 7.17. The van der Waals surface area contributed by atoms with Crippen molar-refractivity contribution in [1.82, 2.24) is 0 Å². The average molecular weight is 233 g/mol. The number of hydrogen-bond acceptors (Lipinski definition) is 3. The Kier molecular flexibility index (Phi) is 2.37. The summed E-state index contributed by atoms with van der Waals surface area (Å²) in [5.41, 5.74) is 8.68. The SMILES string of the molecule is COc1ccc2scc3c2c1C(CN)CC3. The Bertz CT molecular complexity index is 532. The summed E-state index contributed by atoms with van der Waals surface area (Å²) in [7, 11) is 1.74. The van der Waals surface area contributed by atoms with Gasteiger partial charge in [0.05, 0.1) is 7.11 Å². The molecule has 0 aliphatic heterocycles. The molecule has 3 heteroatoms. The highest BCUT2D eigenvalue weighted by Gasteiger charge is 2.25. The van der Waals surface area contributed by atoms with Crippen molar-refractivity contribution in [3.63, 3.8) is 0 Å². The summed E-state index contributed by atoms with van der Waals surface area (Å²) in [6, 6.07) is 4.23. The van der Waals surface area contributed by atoms with Crippen LogP contribution in [0.15, 0.2) is 17.5 Å². The number of benzene rings is 1. The number of ether oxygens (including phenoxy) is 1. The number of methoxy groups -OCH3 is 1. The molecule has 1 aromatic carbocycles. The minimum absolute atomic E-state index is 0.459. The molecule has 1 heterocycles. The molecule has 0 saturated heterocycles. The van der Waals surface area contributed by atoms with Crippen molar-refractivity contribution in [2.45, 2.75) is 18.8 Å². The summed E-state index contributed by atoms with van der Waals surface area (Å²) in [6.45, 7) is 0.713. The maximum Gasteiger partial charge on any atom is 0.123 e. The van der Waals surface area contributed by atoms with Gasteiger partial charge >= 0.3 is 0 Å². The van der Waals surface area contributed by atoms with Gasteiger partial charge in [-0.3, -0.25) is 0 Å². The molecule has 0 amide bonds. The maximum atomic E-state index is 5.88. The largest absolute Gasteiger partial charge is 0.496 e. The fraction of sp³-hybridized carbons (Fsp3) is 0.385. The summed E-state index contributed by atoms with van der Waals surface area (Å²) in [6.07, 6.45) is 2.30. The highest BCUT2D eigenvalue weighted by atomic mass is 32.1. The van der Waals surface area contributed by atoms with Crippen LogP contribution in [0.4, 0.5) is 0 Å². The van der Waals surface area contributed by atoms with Gasteiger partial charge in [0, 0.05) is 21.6 Å². The van der Waals surface area contributed by atoms with Crippen molar-refractivity contribution in [1.29, 1.82) is 0 Å². The van der Waals surface area contributed by atoms with E-state index in [-0.39, 0.29) is 0 Å². The number of hydrogen-bond donors (Lipinski definition) is 1. The van der Waals surface area contributed by atoms with Gasteiger partial charge in [0.15, 0.2) is 0 Å². The van der Waals surface area contributed by atoms with Crippen LogP contribution in [0.3, 0.4) is 0 Å². The molecule has 16 heavy (non-hydrogen) atoms. The van der Waals surface area contributed by atoms with E-state index < -0.39 is 0 Å². The third-order valence-corrected chi connectivity index (χ3v) is 4.49. The van der Waals surface area contributed by atoms with Crippen molar-refractivity contribution in [3.8, 4) is 5.75 Å². The van der Waals surface area contributed by atoms with E-state index in [1.807, 2.05) is 11.3 Å². The molecule has 0 saturated carbocycles. The molecular formula is C13H15NOS. The van der Waals surface area contributed by atoms with Crippen LogP contribution in [0.25, 0.3) is 10.1 Å². The summed E-state index contributed by atoms with van der Waals surface area (Å²) in [5, 5.41) is 3.69. The second-order valence-electron chi connectivity index (χ2n) is 4.29. The standard InChI is InChI=1S/C13H15NOS/c1-15-10-4-5-11-13-9(7-16-11)3-2-8(6-14)12(10)13/h4-5,7-8H,2-3,6,14H2,1H3. The molecule has 1 unspecified atom stereocenters. The van der Waals surface area contributed by atoms with Gasteiger partial charge in [-0.05, 0) is 42.5 Å². The van der Waals surface area contributed by atoms with Crippen LogP contribution < -0.4 is 10.5 Å². The minimum atomic E-state index is 0.459. The van der Waals surface area contributed by atoms with Gasteiger partial charge in [-0.2, -0.15) is 0 Å². The smallest absolute Gasteiger partial charge is 0.123 e. The molecule has 1 aromatic heterocycles. The molecule has 2 N–H and O–H groups in total. The molecule has 84 valence electrons. The third-order valence-electron chi connectivity index (χ3n) is 3.49. The van der Waals surface area contributed by atoms with E-state index in [0.717, 1.165) is 18.6 Å². The van der Waals surface area contributed by atoms with E-state index >= 15 is 0 Å². The normalized spacial score (nSPS) is 19.0. The van der Waals surface area contributed by atoms with Gasteiger partial charge < -0.3 is 10.5 Å². The molecule has 1 aliphatic carbocycles. The average Bonchev–Trinajstić information content (AvgIpc) is 2.75. The van der Waals surface area contributed by atoms with Crippen molar-refractivity contribution in [2.24, 2.45) is 5.73 Å². The van der Waals surface area contributed by atoms with Crippen molar-refractivity contribution >= 4 is 21.4 Å². The Hall–Kier alpha value is -1.06. The van der Waals surface area contributed by atoms with E-state index in [1.54, 1.807) is 7.11 Å². The lowest BCUT2D eigenvalue weighted by Crippen LogP contribution is -2.17. The topological polar surface area (TPSA) is 35.2 Å². The number of aryl methyl sites for hydroxylation is 1. The summed E-state index contributed by atoms with van der Waals surface area (Å²) < 4.78 is 6.85. The van der Waals surface area contributed by atoms with Crippen LogP contribution >= 0.6 is 11.3 Å². The van der Waals surface area contributed by atoms with Crippen LogP contribution in [0, 0.1) is 0 Å². The molecular weight excluding hydrogens is 218 g/mol. The van der Waals surface area contributed by atoms with Crippen molar-refractivity contribution < 1.29 is 4.74 Å². The van der Waals surface area contributed by atoms with Gasteiger partial charge in [0.2, 0.25) is 0 Å². The Labute approximate surface area is 99.0 Å². The lowest BCUT2D eigenvalue weighted by Gasteiger charge is -2.24. The maximum absolute atomic E-state index is 5.88. The van der Waals surface area contributed by atoms with E-state index in [4.69, 9.17) is 10.5 Å². The Balaban J connectivity index is 2.35. The summed E-state index contributed by atoms with van der Waals surface area (Å²) in [4.78, 5) is 0. The second-order valence-corrected chi connectivity index (χ2v) is 5.20. The van der Waals surface area contributed by atoms with E-state index in [0.29, 0.717) is 12.5 Å². The first-order valence-corrected chi connectivity index (χ1v) is 6.50. The number of nitrogens with two attached hydrogens (primary N) is 1. The Morgan fingerprint density at radius 2 is 2.38 bits per heavy atom. The third kappa shape index (κ3) is 1.28. The predicted molar refractivity (Wildman–Crippen MR) is 68.5 cm³/mol. The van der Waals surface area contributed by atoms with Gasteiger partial charge in [-0.15, -0.1) is 11.3 Å². The molecule has 2 nitrogen and oxygen atoms in total. The molecule has 0 radical (unpaired) electrons. The molecule has 0 fully saturated rings. The molecule has 1 atom stereocenters. The zero-order valence-corrected chi connectivity index (χ0v) is 10.1. The van der Waals surface area contributed by atoms with Gasteiger partial charge in [-0.1, -0.05) is 0 Å². The first-order chi connectivity index (χ1) is 7.85. The lowest BCUT2D eigenvalue weighted by atomic mass is 9.83. The van der Waals surface area contributed by atoms with Crippen LogP contribution in [-0.4, -0.2) is 13.7 Å². The monoisotopic (exact) mass is 233 g/mol. The fourth-order valence-electron chi connectivity index (χ4n) is 2.68. The quantitative estimate of drug-likeness (QED) is 0.865. The van der Waals surface area contributed by atoms with E-state index in [2.05, 4.69) is 17.5 Å². The zero-order chi connectivity index (χ0) is 11.1. The number of rotatable bonds is 2. The van der Waals surface area contributed by atoms with Crippen molar-refractivity contribution in [2.75, 3.05) is 13.7 Å². The lowest BCUT2D eigenvalue weighted by molar-refractivity contribution is 0.404. The molecule has 0 spiro atoms. The van der Waals surface area contributed by atoms with Crippen LogP contribution in [-0.2, 0) is 6.42 Å². The van der Waals surface area contributed by atoms with Gasteiger partial charge in [0.25, 0.3) is 0 Å². The molecule has 2 aromatic rings. The number of thiophene rings is 1. The first kappa shape index (κ1) is 10.1. The van der Waals surface area contributed by atoms with Gasteiger partial charge in [-0.25, -0.2) is 0 Å². The summed E-state index contributed by atoms with van der Waals surface area (Å²) >= 11 is 1.83. The van der Waals surface area contributed by atoms with Crippen LogP contribution in [0.1, 0.15) is 23.5 Å². The second kappa shape index (κ2) is 3.75. The first-order valence-electron chi connectivity index (χ1n) is 5.62. The van der Waals surface area contributed by atoms with E-state index in [9.17, 15) is 0 Å². The highest BCUT2D eigenvalue weighted by Crippen LogP contribution is 2.43. The predicted octanol–water partition coefficient (Wildman–Crippen LogP) is 2.90. The fourth-order valence-corrected chi connectivity index (χ4v) is 3.69. The van der Waals surface area contributed by atoms with Gasteiger partial charge in [0.1, 0.15) is 5.75 Å². The van der Waals surface area contributed by atoms with Crippen LogP contribution in [0.2, 0.25) is 0 Å². The Morgan fingerprint density at radius 1 is 1.50 bits per heavy atom. The molecule has 1 aliphatic rings.